The van der Waals surface area contributed by atoms with E-state index in [0.29, 0.717) is 11.7 Å². The predicted octanol–water partition coefficient (Wildman–Crippen LogP) is 4.08. The maximum absolute atomic E-state index is 5.48. The molecule has 0 spiro atoms. The van der Waals surface area contributed by atoms with E-state index in [2.05, 4.69) is 69.5 Å². The van der Waals surface area contributed by atoms with Gasteiger partial charge < -0.3 is 4.52 Å². The average molecular weight is 395 g/mol. The minimum atomic E-state index is 0.669. The van der Waals surface area contributed by atoms with E-state index in [4.69, 9.17) is 4.52 Å². The summed E-state index contributed by atoms with van der Waals surface area (Å²) in [6.45, 7) is 7.96. The van der Waals surface area contributed by atoms with Crippen LogP contribution in [0.2, 0.25) is 0 Å². The molecule has 0 saturated carbocycles. The second-order valence-electron chi connectivity index (χ2n) is 7.28. The molecule has 1 fully saturated rings. The van der Waals surface area contributed by atoms with Crippen molar-refractivity contribution in [2.75, 3.05) is 32.4 Å². The second-order valence-corrected chi connectivity index (χ2v) is 8.16. The first-order valence-corrected chi connectivity index (χ1v) is 10.9. The highest BCUT2D eigenvalue weighted by Crippen LogP contribution is 2.19. The van der Waals surface area contributed by atoms with E-state index in [1.165, 1.54) is 16.0 Å². The van der Waals surface area contributed by atoms with Gasteiger partial charge in [0.25, 0.3) is 0 Å². The summed E-state index contributed by atoms with van der Waals surface area (Å²) in [6, 6.07) is 17.1. The number of benzene rings is 2. The average Bonchev–Trinajstić information content (AvgIpc) is 3.19. The van der Waals surface area contributed by atoms with Gasteiger partial charge in [-0.2, -0.15) is 4.98 Å². The van der Waals surface area contributed by atoms with Crippen LogP contribution in [-0.4, -0.2) is 52.4 Å². The fraction of sp³-hybridized carbons (Fsp3) is 0.364. The van der Waals surface area contributed by atoms with Crippen molar-refractivity contribution in [1.29, 1.82) is 0 Å². The van der Waals surface area contributed by atoms with Crippen LogP contribution in [0.25, 0.3) is 11.4 Å². The van der Waals surface area contributed by atoms with E-state index in [-0.39, 0.29) is 0 Å². The van der Waals surface area contributed by atoms with Crippen LogP contribution in [0, 0.1) is 6.92 Å². The largest absolute Gasteiger partial charge is 0.338 e. The minimum absolute atomic E-state index is 0.669. The van der Waals surface area contributed by atoms with Crippen molar-refractivity contribution in [3.05, 3.63) is 65.5 Å². The Morgan fingerprint density at radius 3 is 2.18 bits per heavy atom. The number of hydrogen-bond donors (Lipinski definition) is 0. The molecule has 0 amide bonds. The summed E-state index contributed by atoms with van der Waals surface area (Å²) in [5.74, 6) is 1.36. The molecule has 28 heavy (non-hydrogen) atoms. The highest BCUT2D eigenvalue weighted by molar-refractivity contribution is 7.98. The molecule has 4 rings (SSSR count). The maximum atomic E-state index is 5.48. The van der Waals surface area contributed by atoms with Gasteiger partial charge in [0.1, 0.15) is 0 Å². The Bertz CT molecular complexity index is 884. The van der Waals surface area contributed by atoms with Crippen LogP contribution < -0.4 is 0 Å². The van der Waals surface area contributed by atoms with Gasteiger partial charge in [-0.15, -0.1) is 11.8 Å². The van der Waals surface area contributed by atoms with E-state index >= 15 is 0 Å². The lowest BCUT2D eigenvalue weighted by atomic mass is 10.1. The Kier molecular flexibility index (Phi) is 6.10. The summed E-state index contributed by atoms with van der Waals surface area (Å²) in [5.41, 5.74) is 3.61. The first kappa shape index (κ1) is 19.2. The van der Waals surface area contributed by atoms with Crippen LogP contribution in [0.5, 0.6) is 0 Å². The lowest BCUT2D eigenvalue weighted by Crippen LogP contribution is -2.45. The molecule has 5 nitrogen and oxygen atoms in total. The summed E-state index contributed by atoms with van der Waals surface area (Å²) < 4.78 is 5.48. The summed E-state index contributed by atoms with van der Waals surface area (Å²) in [6.07, 6.45) is 2.11. The lowest BCUT2D eigenvalue weighted by molar-refractivity contribution is 0.112. The molecular weight excluding hydrogens is 368 g/mol. The predicted molar refractivity (Wildman–Crippen MR) is 113 cm³/mol. The minimum Gasteiger partial charge on any atom is -0.338 e. The lowest BCUT2D eigenvalue weighted by Gasteiger charge is -2.33. The van der Waals surface area contributed by atoms with Crippen LogP contribution in [0.15, 0.2) is 57.9 Å². The van der Waals surface area contributed by atoms with Crippen molar-refractivity contribution in [1.82, 2.24) is 19.9 Å². The van der Waals surface area contributed by atoms with Gasteiger partial charge in [0, 0.05) is 43.2 Å². The van der Waals surface area contributed by atoms with Crippen LogP contribution in [0.4, 0.5) is 0 Å². The first-order valence-electron chi connectivity index (χ1n) is 9.67. The standard InChI is InChI=1S/C22H26N4OS/c1-17-3-7-19(8-4-17)22-23-21(27-24-22)16-26-13-11-25(12-14-26)15-18-5-9-20(28-2)10-6-18/h3-10H,11-16H2,1-2H3. The van der Waals surface area contributed by atoms with Crippen molar-refractivity contribution in [3.63, 3.8) is 0 Å². The van der Waals surface area contributed by atoms with Crippen molar-refractivity contribution in [3.8, 4) is 11.4 Å². The molecule has 6 heteroatoms. The third-order valence-corrected chi connectivity index (χ3v) is 5.91. The topological polar surface area (TPSA) is 45.4 Å². The van der Waals surface area contributed by atoms with Gasteiger partial charge in [0.2, 0.25) is 11.7 Å². The molecule has 2 heterocycles. The number of aryl methyl sites for hydroxylation is 1. The zero-order valence-electron chi connectivity index (χ0n) is 16.5. The van der Waals surface area contributed by atoms with E-state index in [9.17, 15) is 0 Å². The van der Waals surface area contributed by atoms with Gasteiger partial charge in [-0.1, -0.05) is 47.1 Å². The number of piperazine rings is 1. The summed E-state index contributed by atoms with van der Waals surface area (Å²) in [5, 5.41) is 4.14. The van der Waals surface area contributed by atoms with Crippen LogP contribution in [-0.2, 0) is 13.1 Å². The first-order chi connectivity index (χ1) is 13.7. The monoisotopic (exact) mass is 394 g/mol. The van der Waals surface area contributed by atoms with Gasteiger partial charge in [0.15, 0.2) is 0 Å². The summed E-state index contributed by atoms with van der Waals surface area (Å²) in [7, 11) is 0. The van der Waals surface area contributed by atoms with Gasteiger partial charge in [-0.05, 0) is 30.9 Å². The number of rotatable bonds is 6. The summed E-state index contributed by atoms with van der Waals surface area (Å²) >= 11 is 1.79. The molecule has 1 saturated heterocycles. The Hall–Kier alpha value is -2.15. The molecular formula is C22H26N4OS. The Labute approximate surface area is 170 Å². The van der Waals surface area contributed by atoms with E-state index in [1.54, 1.807) is 11.8 Å². The van der Waals surface area contributed by atoms with Gasteiger partial charge in [-0.3, -0.25) is 9.80 Å². The van der Waals surface area contributed by atoms with Crippen molar-refractivity contribution in [2.45, 2.75) is 24.9 Å². The molecule has 1 aromatic heterocycles. The van der Waals surface area contributed by atoms with Gasteiger partial charge in [0.05, 0.1) is 6.54 Å². The fourth-order valence-corrected chi connectivity index (χ4v) is 3.83. The van der Waals surface area contributed by atoms with Crippen molar-refractivity contribution < 1.29 is 4.52 Å². The normalized spacial score (nSPS) is 15.8. The molecule has 3 aromatic rings. The molecule has 146 valence electrons. The Morgan fingerprint density at radius 2 is 1.54 bits per heavy atom. The van der Waals surface area contributed by atoms with E-state index in [1.807, 2.05) is 12.1 Å². The molecule has 0 bridgehead atoms. The molecule has 1 aliphatic heterocycles. The third kappa shape index (κ3) is 4.82. The van der Waals surface area contributed by atoms with Crippen molar-refractivity contribution in [2.24, 2.45) is 0 Å². The Balaban J connectivity index is 1.28. The number of hydrogen-bond acceptors (Lipinski definition) is 6. The third-order valence-electron chi connectivity index (χ3n) is 5.17. The number of aromatic nitrogens is 2. The fourth-order valence-electron chi connectivity index (χ4n) is 3.42. The van der Waals surface area contributed by atoms with Crippen LogP contribution >= 0.6 is 11.8 Å². The quantitative estimate of drug-likeness (QED) is 0.587. The van der Waals surface area contributed by atoms with Crippen molar-refractivity contribution >= 4 is 11.8 Å². The summed E-state index contributed by atoms with van der Waals surface area (Å²) in [4.78, 5) is 10.8. The SMILES string of the molecule is CSc1ccc(CN2CCN(Cc3nc(-c4ccc(C)cc4)no3)CC2)cc1. The molecule has 0 atom stereocenters. The smallest absolute Gasteiger partial charge is 0.241 e. The number of thioether (sulfide) groups is 1. The van der Waals surface area contributed by atoms with Crippen LogP contribution in [0.1, 0.15) is 17.0 Å². The zero-order valence-corrected chi connectivity index (χ0v) is 17.3. The van der Waals surface area contributed by atoms with E-state index < -0.39 is 0 Å². The Morgan fingerprint density at radius 1 is 0.893 bits per heavy atom. The molecule has 1 aliphatic rings. The highest BCUT2D eigenvalue weighted by Gasteiger charge is 2.19. The molecule has 0 aliphatic carbocycles. The van der Waals surface area contributed by atoms with E-state index in [0.717, 1.165) is 44.8 Å². The highest BCUT2D eigenvalue weighted by atomic mass is 32.2. The van der Waals surface area contributed by atoms with Crippen LogP contribution in [0.3, 0.4) is 0 Å². The number of nitrogens with zero attached hydrogens (tertiary/aromatic N) is 4. The van der Waals surface area contributed by atoms with Gasteiger partial charge >= 0.3 is 0 Å². The maximum Gasteiger partial charge on any atom is 0.241 e. The molecule has 2 aromatic carbocycles. The molecule has 0 N–H and O–H groups in total. The molecule has 0 radical (unpaired) electrons. The molecule has 0 unspecified atom stereocenters. The second kappa shape index (κ2) is 8.90. The zero-order chi connectivity index (χ0) is 19.3. The van der Waals surface area contributed by atoms with Gasteiger partial charge in [-0.25, -0.2) is 0 Å².